The molecule has 0 bridgehead atoms. The predicted octanol–water partition coefficient (Wildman–Crippen LogP) is 2.67. The molecule has 2 aromatic rings. The van der Waals surface area contributed by atoms with Crippen LogP contribution < -0.4 is 5.73 Å². The lowest BCUT2D eigenvalue weighted by atomic mass is 10.1. The summed E-state index contributed by atoms with van der Waals surface area (Å²) in [5.74, 6) is -0.282. The number of thiazole rings is 1. The number of aromatic nitrogens is 1. The zero-order valence-electron chi connectivity index (χ0n) is 11.0. The van der Waals surface area contributed by atoms with Gasteiger partial charge in [-0.05, 0) is 12.0 Å². The number of nitrogen functional groups attached to an aromatic ring is 1. The number of hydrogen-bond acceptors (Lipinski definition) is 5. The van der Waals surface area contributed by atoms with E-state index in [-0.39, 0.29) is 12.4 Å². The molecule has 0 saturated carbocycles. The van der Waals surface area contributed by atoms with Gasteiger partial charge in [-0.25, -0.2) is 4.98 Å². The quantitative estimate of drug-likeness (QED) is 0.872. The van der Waals surface area contributed by atoms with Gasteiger partial charge in [0.25, 0.3) is 0 Å². The lowest BCUT2D eigenvalue weighted by molar-refractivity contribution is -0.139. The van der Waals surface area contributed by atoms with Gasteiger partial charge in [0.05, 0.1) is 19.2 Å². The molecule has 0 unspecified atom stereocenters. The summed E-state index contributed by atoms with van der Waals surface area (Å²) < 4.78 is 4.69. The molecule has 2 rings (SSSR count). The van der Waals surface area contributed by atoms with Crippen molar-refractivity contribution < 1.29 is 9.53 Å². The Kier molecular flexibility index (Phi) is 4.16. The van der Waals surface area contributed by atoms with Crippen LogP contribution in [0.2, 0.25) is 0 Å². The van der Waals surface area contributed by atoms with Gasteiger partial charge in [-0.2, -0.15) is 0 Å². The summed E-state index contributed by atoms with van der Waals surface area (Å²) in [6.45, 7) is 2.11. The van der Waals surface area contributed by atoms with E-state index in [1.54, 1.807) is 0 Å². The van der Waals surface area contributed by atoms with Crippen LogP contribution >= 0.6 is 11.3 Å². The number of nitrogens with two attached hydrogens (primary N) is 1. The number of methoxy groups -OCH3 is 1. The summed E-state index contributed by atoms with van der Waals surface area (Å²) in [5, 5.41) is 0.466. The van der Waals surface area contributed by atoms with Crippen molar-refractivity contribution >= 4 is 22.4 Å². The highest BCUT2D eigenvalue weighted by Gasteiger charge is 2.15. The van der Waals surface area contributed by atoms with Crippen molar-refractivity contribution in [2.24, 2.45) is 0 Å². The first-order chi connectivity index (χ1) is 9.13. The summed E-state index contributed by atoms with van der Waals surface area (Å²) >= 11 is 1.33. The smallest absolute Gasteiger partial charge is 0.310 e. The van der Waals surface area contributed by atoms with E-state index in [1.807, 2.05) is 12.1 Å². The van der Waals surface area contributed by atoms with E-state index in [0.717, 1.165) is 22.6 Å². The topological polar surface area (TPSA) is 65.2 Å². The van der Waals surface area contributed by atoms with Crippen LogP contribution in [-0.4, -0.2) is 18.1 Å². The monoisotopic (exact) mass is 276 g/mol. The minimum absolute atomic E-state index is 0.205. The van der Waals surface area contributed by atoms with Gasteiger partial charge in [0.15, 0.2) is 5.13 Å². The zero-order chi connectivity index (χ0) is 13.8. The fraction of sp³-hybridized carbons (Fsp3) is 0.286. The Morgan fingerprint density at radius 3 is 2.63 bits per heavy atom. The van der Waals surface area contributed by atoms with Crippen molar-refractivity contribution in [3.63, 3.8) is 0 Å². The van der Waals surface area contributed by atoms with E-state index >= 15 is 0 Å². The van der Waals surface area contributed by atoms with Gasteiger partial charge in [0.2, 0.25) is 0 Å². The van der Waals surface area contributed by atoms with Crippen LogP contribution in [0.15, 0.2) is 24.3 Å². The summed E-state index contributed by atoms with van der Waals surface area (Å²) in [7, 11) is 1.38. The zero-order valence-corrected chi connectivity index (χ0v) is 11.8. The highest BCUT2D eigenvalue weighted by atomic mass is 32.1. The highest BCUT2D eigenvalue weighted by molar-refractivity contribution is 7.15. The molecule has 0 spiro atoms. The number of anilines is 1. The van der Waals surface area contributed by atoms with Crippen LogP contribution in [0.4, 0.5) is 5.13 Å². The number of aryl methyl sites for hydroxylation is 1. The SMILES string of the molecule is CCc1ccc(-c2nc(N)sc2CC(=O)OC)cc1. The first kappa shape index (κ1) is 13.5. The lowest BCUT2D eigenvalue weighted by Crippen LogP contribution is -2.04. The van der Waals surface area contributed by atoms with Crippen LogP contribution in [0.3, 0.4) is 0 Å². The predicted molar refractivity (Wildman–Crippen MR) is 77.1 cm³/mol. The van der Waals surface area contributed by atoms with Crippen LogP contribution in [0.5, 0.6) is 0 Å². The molecule has 1 heterocycles. The Morgan fingerprint density at radius 1 is 1.37 bits per heavy atom. The molecule has 1 aromatic carbocycles. The summed E-state index contributed by atoms with van der Waals surface area (Å²) in [5.41, 5.74) is 8.76. The molecule has 0 saturated heterocycles. The minimum Gasteiger partial charge on any atom is -0.469 e. The average Bonchev–Trinajstić information content (AvgIpc) is 2.79. The van der Waals surface area contributed by atoms with Crippen molar-refractivity contribution in [2.45, 2.75) is 19.8 Å². The summed E-state index contributed by atoms with van der Waals surface area (Å²) in [6.07, 6.45) is 1.20. The van der Waals surface area contributed by atoms with Crippen molar-refractivity contribution in [1.82, 2.24) is 4.98 Å². The minimum atomic E-state index is -0.282. The number of nitrogens with zero attached hydrogens (tertiary/aromatic N) is 1. The average molecular weight is 276 g/mol. The third-order valence-electron chi connectivity index (χ3n) is 2.88. The van der Waals surface area contributed by atoms with Crippen molar-refractivity contribution in [1.29, 1.82) is 0 Å². The molecule has 4 nitrogen and oxygen atoms in total. The maximum Gasteiger partial charge on any atom is 0.310 e. The van der Waals surface area contributed by atoms with Crippen molar-refractivity contribution in [3.05, 3.63) is 34.7 Å². The van der Waals surface area contributed by atoms with Crippen molar-refractivity contribution in [2.75, 3.05) is 12.8 Å². The number of esters is 1. The first-order valence-electron chi connectivity index (χ1n) is 6.05. The normalized spacial score (nSPS) is 10.4. The molecule has 1 aromatic heterocycles. The molecule has 0 aliphatic heterocycles. The molecule has 0 aliphatic carbocycles. The molecular weight excluding hydrogens is 260 g/mol. The molecule has 0 fully saturated rings. The second kappa shape index (κ2) is 5.84. The van der Waals surface area contributed by atoms with Crippen LogP contribution in [0.1, 0.15) is 17.4 Å². The molecule has 5 heteroatoms. The Hall–Kier alpha value is -1.88. The second-order valence-electron chi connectivity index (χ2n) is 4.13. The molecular formula is C14H16N2O2S. The Balaban J connectivity index is 2.34. The fourth-order valence-corrected chi connectivity index (χ4v) is 2.66. The van der Waals surface area contributed by atoms with Crippen LogP contribution in [-0.2, 0) is 22.4 Å². The Bertz CT molecular complexity index is 576. The van der Waals surface area contributed by atoms with E-state index in [0.29, 0.717) is 5.13 Å². The van der Waals surface area contributed by atoms with E-state index in [2.05, 4.69) is 28.8 Å². The Morgan fingerprint density at radius 2 is 2.05 bits per heavy atom. The van der Waals surface area contributed by atoms with Gasteiger partial charge in [-0.1, -0.05) is 31.2 Å². The number of carbonyl (C=O) groups is 1. The van der Waals surface area contributed by atoms with Crippen LogP contribution in [0, 0.1) is 0 Å². The first-order valence-corrected chi connectivity index (χ1v) is 6.87. The van der Waals surface area contributed by atoms with E-state index in [1.165, 1.54) is 24.0 Å². The third-order valence-corrected chi connectivity index (χ3v) is 3.77. The van der Waals surface area contributed by atoms with Gasteiger partial charge in [-0.15, -0.1) is 11.3 Å². The number of benzene rings is 1. The van der Waals surface area contributed by atoms with Gasteiger partial charge >= 0.3 is 5.97 Å². The maximum atomic E-state index is 11.4. The molecule has 19 heavy (non-hydrogen) atoms. The molecule has 100 valence electrons. The summed E-state index contributed by atoms with van der Waals surface area (Å²) in [4.78, 5) is 16.5. The Labute approximate surface area is 116 Å². The highest BCUT2D eigenvalue weighted by Crippen LogP contribution is 2.30. The van der Waals surface area contributed by atoms with Gasteiger partial charge in [-0.3, -0.25) is 4.79 Å². The lowest BCUT2D eigenvalue weighted by Gasteiger charge is -2.03. The number of carbonyl (C=O) groups excluding carboxylic acids is 1. The van der Waals surface area contributed by atoms with E-state index < -0.39 is 0 Å². The molecule has 0 amide bonds. The van der Waals surface area contributed by atoms with Gasteiger partial charge < -0.3 is 10.5 Å². The second-order valence-corrected chi connectivity index (χ2v) is 5.24. The van der Waals surface area contributed by atoms with Gasteiger partial charge in [0, 0.05) is 10.4 Å². The third kappa shape index (κ3) is 3.12. The van der Waals surface area contributed by atoms with E-state index in [9.17, 15) is 4.79 Å². The van der Waals surface area contributed by atoms with Gasteiger partial charge in [0.1, 0.15) is 0 Å². The number of ether oxygens (including phenoxy) is 1. The standard InChI is InChI=1S/C14H16N2O2S/c1-3-9-4-6-10(7-5-9)13-11(8-12(17)18-2)19-14(15)16-13/h4-7H,3,8H2,1-2H3,(H2,15,16). The van der Waals surface area contributed by atoms with Crippen molar-refractivity contribution in [3.8, 4) is 11.3 Å². The molecule has 0 atom stereocenters. The number of rotatable bonds is 4. The molecule has 2 N–H and O–H groups in total. The maximum absolute atomic E-state index is 11.4. The fourth-order valence-electron chi connectivity index (χ4n) is 1.82. The van der Waals surface area contributed by atoms with E-state index in [4.69, 9.17) is 5.73 Å². The number of hydrogen-bond donors (Lipinski definition) is 1. The van der Waals surface area contributed by atoms with Crippen LogP contribution in [0.25, 0.3) is 11.3 Å². The molecule has 0 aliphatic rings. The molecule has 0 radical (unpaired) electrons. The summed E-state index contributed by atoms with van der Waals surface area (Å²) in [6, 6.07) is 8.14. The largest absolute Gasteiger partial charge is 0.469 e.